The second-order valence-electron chi connectivity index (χ2n) is 19.1. The lowest BCUT2D eigenvalue weighted by Gasteiger charge is -2.61. The quantitative estimate of drug-likeness (QED) is 0.167. The Labute approximate surface area is 383 Å². The van der Waals surface area contributed by atoms with E-state index in [1.807, 2.05) is 17.4 Å². The Morgan fingerprint density at radius 3 is 1.63 bits per heavy atom. The van der Waals surface area contributed by atoms with Gasteiger partial charge in [-0.3, -0.25) is 0 Å². The van der Waals surface area contributed by atoms with Gasteiger partial charge < -0.3 is 0 Å². The van der Waals surface area contributed by atoms with Gasteiger partial charge in [-0.1, -0.05) is 158 Å². The molecule has 0 aliphatic heterocycles. The zero-order valence-corrected chi connectivity index (χ0v) is 36.8. The van der Waals surface area contributed by atoms with Crippen LogP contribution in [-0.4, -0.2) is 15.0 Å². The van der Waals surface area contributed by atoms with Crippen LogP contribution in [0, 0.1) is 23.7 Å². The fourth-order valence-electron chi connectivity index (χ4n) is 13.3. The molecule has 0 radical (unpaired) electrons. The van der Waals surface area contributed by atoms with E-state index < -0.39 is 0 Å². The third-order valence-corrected chi connectivity index (χ3v) is 16.8. The smallest absolute Gasteiger partial charge is 0.164 e. The number of nitrogens with zero attached hydrogens (tertiary/aromatic N) is 3. The van der Waals surface area contributed by atoms with Gasteiger partial charge in [0.1, 0.15) is 0 Å². The second-order valence-corrected chi connectivity index (χ2v) is 20.2. The van der Waals surface area contributed by atoms with E-state index in [1.54, 1.807) is 11.1 Å². The Bertz CT molecular complexity index is 3490. The lowest BCUT2D eigenvalue weighted by molar-refractivity contribution is -0.0397. The van der Waals surface area contributed by atoms with Crippen molar-refractivity contribution in [2.24, 2.45) is 23.7 Å². The van der Waals surface area contributed by atoms with E-state index in [-0.39, 0.29) is 5.41 Å². The first kappa shape index (κ1) is 37.4. The van der Waals surface area contributed by atoms with E-state index in [0.29, 0.717) is 29.3 Å². The minimum Gasteiger partial charge on any atom is -0.208 e. The summed E-state index contributed by atoms with van der Waals surface area (Å²) >= 11 is 1.91. The predicted octanol–water partition coefficient (Wildman–Crippen LogP) is 16.0. The first-order valence-electron chi connectivity index (χ1n) is 23.4. The molecular weight excluding hydrogens is 807 g/mol. The van der Waals surface area contributed by atoms with Crippen LogP contribution in [0.3, 0.4) is 0 Å². The van der Waals surface area contributed by atoms with Crippen molar-refractivity contribution in [3.8, 4) is 78.7 Å². The minimum absolute atomic E-state index is 0.0319. The number of aromatic nitrogens is 3. The second kappa shape index (κ2) is 14.5. The van der Waals surface area contributed by atoms with Crippen molar-refractivity contribution in [2.45, 2.75) is 37.5 Å². The molecule has 0 atom stereocenters. The molecule has 15 rings (SSSR count). The van der Waals surface area contributed by atoms with Crippen molar-refractivity contribution < 1.29 is 0 Å². The van der Waals surface area contributed by atoms with E-state index in [2.05, 4.69) is 182 Å². The number of rotatable bonds is 6. The Kier molecular flexibility index (Phi) is 8.34. The molecule has 10 aromatic rings. The molecule has 310 valence electrons. The van der Waals surface area contributed by atoms with Crippen LogP contribution in [-0.2, 0) is 5.41 Å². The molecule has 4 fully saturated rings. The summed E-state index contributed by atoms with van der Waals surface area (Å²) in [6.07, 6.45) is 6.75. The molecule has 4 saturated carbocycles. The molecule has 65 heavy (non-hydrogen) atoms. The normalized spacial score (nSPS) is 21.3. The van der Waals surface area contributed by atoms with Crippen molar-refractivity contribution in [2.75, 3.05) is 0 Å². The van der Waals surface area contributed by atoms with Gasteiger partial charge in [-0.15, -0.1) is 11.3 Å². The Balaban J connectivity index is 0.935. The van der Waals surface area contributed by atoms with Crippen LogP contribution in [0.5, 0.6) is 0 Å². The maximum absolute atomic E-state index is 5.27. The molecular formula is C61H45N3S. The summed E-state index contributed by atoms with van der Waals surface area (Å²) in [5.41, 5.74) is 16.5. The average molecular weight is 852 g/mol. The molecule has 3 nitrogen and oxygen atoms in total. The van der Waals surface area contributed by atoms with E-state index in [9.17, 15) is 0 Å². The van der Waals surface area contributed by atoms with Crippen LogP contribution in [0.1, 0.15) is 43.2 Å². The minimum atomic E-state index is -0.0319. The van der Waals surface area contributed by atoms with Gasteiger partial charge in [-0.05, 0) is 142 Å². The van der Waals surface area contributed by atoms with Gasteiger partial charge in [0.05, 0.1) is 0 Å². The molecule has 4 heteroatoms. The number of thiophene rings is 1. The van der Waals surface area contributed by atoms with Crippen LogP contribution >= 0.6 is 11.3 Å². The van der Waals surface area contributed by atoms with Gasteiger partial charge in [-0.25, -0.2) is 15.0 Å². The molecule has 0 amide bonds. The molecule has 5 aliphatic rings. The maximum Gasteiger partial charge on any atom is 0.164 e. The van der Waals surface area contributed by atoms with Gasteiger partial charge in [0.15, 0.2) is 17.5 Å². The highest BCUT2D eigenvalue weighted by Crippen LogP contribution is 2.70. The molecule has 0 unspecified atom stereocenters. The monoisotopic (exact) mass is 851 g/mol. The van der Waals surface area contributed by atoms with Gasteiger partial charge in [-0.2, -0.15) is 0 Å². The van der Waals surface area contributed by atoms with Gasteiger partial charge in [0.2, 0.25) is 0 Å². The molecule has 1 spiro atoms. The largest absolute Gasteiger partial charge is 0.208 e. The van der Waals surface area contributed by atoms with Crippen molar-refractivity contribution in [1.29, 1.82) is 0 Å². The van der Waals surface area contributed by atoms with Crippen molar-refractivity contribution in [1.82, 2.24) is 15.0 Å². The highest BCUT2D eigenvalue weighted by molar-refractivity contribution is 7.25. The third-order valence-electron chi connectivity index (χ3n) is 15.7. The Morgan fingerprint density at radius 2 is 0.892 bits per heavy atom. The summed E-state index contributed by atoms with van der Waals surface area (Å²) in [6, 6.07) is 69.1. The summed E-state index contributed by atoms with van der Waals surface area (Å²) in [7, 11) is 0. The van der Waals surface area contributed by atoms with Gasteiger partial charge in [0, 0.05) is 42.3 Å². The Hall–Kier alpha value is -7.01. The Morgan fingerprint density at radius 1 is 0.369 bits per heavy atom. The molecule has 0 saturated heterocycles. The van der Waals surface area contributed by atoms with E-state index in [0.717, 1.165) is 34.1 Å². The van der Waals surface area contributed by atoms with E-state index in [1.165, 1.54) is 91.2 Å². The van der Waals surface area contributed by atoms with Crippen molar-refractivity contribution >= 4 is 31.5 Å². The fraction of sp³-hybridized carbons (Fsp3) is 0.164. The third kappa shape index (κ3) is 5.76. The first-order valence-corrected chi connectivity index (χ1v) is 24.2. The van der Waals surface area contributed by atoms with Crippen LogP contribution in [0.15, 0.2) is 188 Å². The topological polar surface area (TPSA) is 38.7 Å². The zero-order valence-electron chi connectivity index (χ0n) is 36.0. The predicted molar refractivity (Wildman–Crippen MR) is 269 cm³/mol. The van der Waals surface area contributed by atoms with Crippen LogP contribution in [0.25, 0.3) is 98.8 Å². The number of hydrogen-bond donors (Lipinski definition) is 0. The molecule has 5 aliphatic carbocycles. The average Bonchev–Trinajstić information content (AvgIpc) is 3.90. The molecule has 0 N–H and O–H groups in total. The summed E-state index contributed by atoms with van der Waals surface area (Å²) < 4.78 is 2.72. The molecule has 8 aromatic carbocycles. The highest BCUT2D eigenvalue weighted by Gasteiger charge is 2.62. The summed E-state index contributed by atoms with van der Waals surface area (Å²) in [5.74, 6) is 4.98. The zero-order chi connectivity index (χ0) is 42.6. The number of hydrogen-bond acceptors (Lipinski definition) is 4. The lowest BCUT2D eigenvalue weighted by Crippen LogP contribution is -2.55. The van der Waals surface area contributed by atoms with Crippen molar-refractivity contribution in [3.63, 3.8) is 0 Å². The molecule has 4 bridgehead atoms. The number of benzene rings is 8. The van der Waals surface area contributed by atoms with Crippen LogP contribution < -0.4 is 0 Å². The summed E-state index contributed by atoms with van der Waals surface area (Å²) in [6.45, 7) is 0. The SMILES string of the molecule is c1ccc(-c2cccc(-c3nc(-c4ccccc4)nc(-c4cccc(-c5cccc6c5C5(c7cc(-c8cccc9sc%10ccccc%10c89)ccc7-6)C6CC7CC(C6)CC5C7)c4)n3)c2)cc1. The molecule has 2 aromatic heterocycles. The summed E-state index contributed by atoms with van der Waals surface area (Å²) in [4.78, 5) is 15.6. The standard InChI is InChI=1S/C61H45N3S/c1-3-13-39(14-4-1)41-17-9-19-44(34-41)59-62-58(40-15-5-2-6-16-40)63-60(64-59)45-20-10-18-42(35-45)49-23-11-24-51-50-28-27-43(48-22-12-26-55-56(48)52-21-7-8-25-54(52)65-55)36-53(50)61(57(49)51)46-30-37-29-38(32-46)33-47(61)31-37/h1-28,34-38,46-47H,29-33H2. The molecule has 2 heterocycles. The van der Waals surface area contributed by atoms with Gasteiger partial charge in [0.25, 0.3) is 0 Å². The lowest BCUT2D eigenvalue weighted by atomic mass is 9.42. The van der Waals surface area contributed by atoms with Crippen LogP contribution in [0.4, 0.5) is 0 Å². The van der Waals surface area contributed by atoms with Crippen LogP contribution in [0.2, 0.25) is 0 Å². The number of fused-ring (bicyclic) bond motifs is 6. The fourth-order valence-corrected chi connectivity index (χ4v) is 14.5. The highest BCUT2D eigenvalue weighted by atomic mass is 32.1. The first-order chi connectivity index (χ1) is 32.2. The summed E-state index contributed by atoms with van der Waals surface area (Å²) in [5, 5.41) is 2.75. The van der Waals surface area contributed by atoms with E-state index in [4.69, 9.17) is 15.0 Å². The van der Waals surface area contributed by atoms with Crippen molar-refractivity contribution in [3.05, 3.63) is 199 Å². The van der Waals surface area contributed by atoms with Gasteiger partial charge >= 0.3 is 0 Å². The maximum atomic E-state index is 5.27. The van der Waals surface area contributed by atoms with E-state index >= 15 is 0 Å².